The molecule has 3 aromatic carbocycles. The van der Waals surface area contributed by atoms with Crippen molar-refractivity contribution in [1.29, 1.82) is 0 Å². The average molecular weight is 375 g/mol. The second-order valence-electron chi connectivity index (χ2n) is 5.67. The standard InChI is InChI=1S/C23H18FNO3/c24-20-13-5-7-15-22(20)27-17-9-8-16-25-23(26)19-12-4-6-14-21(19)28-18-10-2-1-3-11-18/h1-7,10-15H,16-17H2,(H,25,26). The minimum Gasteiger partial charge on any atom is -0.478 e. The molecule has 3 aromatic rings. The van der Waals surface area contributed by atoms with Gasteiger partial charge >= 0.3 is 0 Å². The molecule has 0 unspecified atom stereocenters. The third-order valence-corrected chi connectivity index (χ3v) is 3.70. The Labute approximate surface area is 162 Å². The van der Waals surface area contributed by atoms with Gasteiger partial charge < -0.3 is 14.8 Å². The van der Waals surface area contributed by atoms with Gasteiger partial charge in [0.15, 0.2) is 11.6 Å². The van der Waals surface area contributed by atoms with E-state index in [-0.39, 0.29) is 24.8 Å². The van der Waals surface area contributed by atoms with Crippen LogP contribution in [-0.2, 0) is 0 Å². The summed E-state index contributed by atoms with van der Waals surface area (Å²) in [6, 6.07) is 22.3. The molecule has 0 spiro atoms. The number of ether oxygens (including phenoxy) is 2. The van der Waals surface area contributed by atoms with Gasteiger partial charge in [-0.1, -0.05) is 54.3 Å². The second-order valence-corrected chi connectivity index (χ2v) is 5.67. The van der Waals surface area contributed by atoms with Crippen LogP contribution in [0.2, 0.25) is 0 Å². The van der Waals surface area contributed by atoms with Crippen molar-refractivity contribution >= 4 is 5.91 Å². The van der Waals surface area contributed by atoms with Crippen LogP contribution in [0.25, 0.3) is 0 Å². The molecular formula is C23H18FNO3. The zero-order valence-corrected chi connectivity index (χ0v) is 15.0. The van der Waals surface area contributed by atoms with Gasteiger partial charge in [0, 0.05) is 0 Å². The first-order valence-corrected chi connectivity index (χ1v) is 8.67. The lowest BCUT2D eigenvalue weighted by molar-refractivity contribution is 0.0956. The molecule has 0 radical (unpaired) electrons. The maximum Gasteiger partial charge on any atom is 0.255 e. The number of benzene rings is 3. The molecule has 0 bridgehead atoms. The average Bonchev–Trinajstić information content (AvgIpc) is 2.73. The van der Waals surface area contributed by atoms with Crippen LogP contribution in [0.15, 0.2) is 78.9 Å². The van der Waals surface area contributed by atoms with E-state index in [0.717, 1.165) is 0 Å². The molecule has 0 saturated carbocycles. The first-order valence-electron chi connectivity index (χ1n) is 8.67. The summed E-state index contributed by atoms with van der Waals surface area (Å²) in [4.78, 5) is 12.4. The van der Waals surface area contributed by atoms with Gasteiger partial charge in [-0.3, -0.25) is 4.79 Å². The van der Waals surface area contributed by atoms with Crippen LogP contribution >= 0.6 is 0 Å². The summed E-state index contributed by atoms with van der Waals surface area (Å²) in [5.41, 5.74) is 0.413. The molecule has 1 amide bonds. The van der Waals surface area contributed by atoms with Gasteiger partial charge in [-0.05, 0) is 36.4 Å². The predicted molar refractivity (Wildman–Crippen MR) is 105 cm³/mol. The van der Waals surface area contributed by atoms with Crippen LogP contribution in [0.3, 0.4) is 0 Å². The largest absolute Gasteiger partial charge is 0.478 e. The Hall–Kier alpha value is -3.78. The number of rotatable bonds is 6. The summed E-state index contributed by atoms with van der Waals surface area (Å²) in [6.45, 7) is 0.170. The Morgan fingerprint density at radius 2 is 1.54 bits per heavy atom. The van der Waals surface area contributed by atoms with E-state index >= 15 is 0 Å². The lowest BCUT2D eigenvalue weighted by atomic mass is 10.2. The maximum atomic E-state index is 13.4. The molecule has 3 rings (SSSR count). The number of hydrogen-bond donors (Lipinski definition) is 1. The number of para-hydroxylation sites is 3. The number of carbonyl (C=O) groups is 1. The molecule has 5 heteroatoms. The van der Waals surface area contributed by atoms with Crippen molar-refractivity contribution in [1.82, 2.24) is 5.32 Å². The topological polar surface area (TPSA) is 47.6 Å². The Bertz CT molecular complexity index is 993. The Kier molecular flexibility index (Phi) is 6.64. The summed E-state index contributed by atoms with van der Waals surface area (Å²) in [7, 11) is 0. The summed E-state index contributed by atoms with van der Waals surface area (Å²) >= 11 is 0. The SMILES string of the molecule is O=C(NCC#CCOc1ccccc1F)c1ccccc1Oc1ccccc1. The molecule has 0 aliphatic carbocycles. The van der Waals surface area contributed by atoms with E-state index in [2.05, 4.69) is 17.2 Å². The van der Waals surface area contributed by atoms with Crippen molar-refractivity contribution in [2.45, 2.75) is 0 Å². The highest BCUT2D eigenvalue weighted by Gasteiger charge is 2.11. The third kappa shape index (κ3) is 5.36. The van der Waals surface area contributed by atoms with Gasteiger partial charge in [-0.25, -0.2) is 4.39 Å². The van der Waals surface area contributed by atoms with E-state index in [1.807, 2.05) is 30.3 Å². The van der Waals surface area contributed by atoms with Crippen LogP contribution in [0, 0.1) is 17.7 Å². The first-order chi connectivity index (χ1) is 13.7. The fourth-order valence-corrected chi connectivity index (χ4v) is 2.37. The lowest BCUT2D eigenvalue weighted by Crippen LogP contribution is -2.24. The summed E-state index contributed by atoms with van der Waals surface area (Å²) < 4.78 is 24.4. The molecule has 140 valence electrons. The van der Waals surface area contributed by atoms with E-state index in [0.29, 0.717) is 17.1 Å². The van der Waals surface area contributed by atoms with Gasteiger partial charge in [0.05, 0.1) is 12.1 Å². The molecule has 0 atom stereocenters. The molecular weight excluding hydrogens is 357 g/mol. The third-order valence-electron chi connectivity index (χ3n) is 3.70. The monoisotopic (exact) mass is 375 g/mol. The van der Waals surface area contributed by atoms with E-state index in [1.54, 1.807) is 36.4 Å². The highest BCUT2D eigenvalue weighted by molar-refractivity contribution is 5.97. The first kappa shape index (κ1) is 19.0. The molecule has 0 saturated heterocycles. The molecule has 28 heavy (non-hydrogen) atoms. The lowest BCUT2D eigenvalue weighted by Gasteiger charge is -2.10. The summed E-state index contributed by atoms with van der Waals surface area (Å²) in [5.74, 6) is 6.03. The Morgan fingerprint density at radius 3 is 2.32 bits per heavy atom. The number of halogens is 1. The van der Waals surface area contributed by atoms with Crippen molar-refractivity contribution in [3.05, 3.63) is 90.2 Å². The molecule has 0 aliphatic heterocycles. The van der Waals surface area contributed by atoms with Crippen LogP contribution in [0.1, 0.15) is 10.4 Å². The summed E-state index contributed by atoms with van der Waals surface area (Å²) in [5, 5.41) is 2.71. The maximum absolute atomic E-state index is 13.4. The molecule has 4 nitrogen and oxygen atoms in total. The van der Waals surface area contributed by atoms with Crippen LogP contribution in [-0.4, -0.2) is 19.1 Å². The van der Waals surface area contributed by atoms with E-state index in [4.69, 9.17) is 9.47 Å². The smallest absolute Gasteiger partial charge is 0.255 e. The highest BCUT2D eigenvalue weighted by atomic mass is 19.1. The Balaban J connectivity index is 1.52. The van der Waals surface area contributed by atoms with Crippen molar-refractivity contribution in [3.8, 4) is 29.1 Å². The van der Waals surface area contributed by atoms with Crippen molar-refractivity contribution in [2.24, 2.45) is 0 Å². The zero-order chi connectivity index (χ0) is 19.6. The minimum absolute atomic E-state index is 0.0323. The molecule has 0 aromatic heterocycles. The van der Waals surface area contributed by atoms with E-state index < -0.39 is 5.82 Å². The van der Waals surface area contributed by atoms with Gasteiger partial charge in [0.2, 0.25) is 0 Å². The van der Waals surface area contributed by atoms with Crippen LogP contribution < -0.4 is 14.8 Å². The molecule has 0 aliphatic rings. The van der Waals surface area contributed by atoms with Crippen LogP contribution in [0.4, 0.5) is 4.39 Å². The minimum atomic E-state index is -0.437. The zero-order valence-electron chi connectivity index (χ0n) is 15.0. The predicted octanol–water partition coefficient (Wildman–Crippen LogP) is 4.43. The van der Waals surface area contributed by atoms with E-state index in [1.165, 1.54) is 12.1 Å². The second kappa shape index (κ2) is 9.79. The fourth-order valence-electron chi connectivity index (χ4n) is 2.37. The van der Waals surface area contributed by atoms with Crippen molar-refractivity contribution in [3.63, 3.8) is 0 Å². The van der Waals surface area contributed by atoms with Crippen molar-refractivity contribution < 1.29 is 18.7 Å². The number of hydrogen-bond acceptors (Lipinski definition) is 3. The normalized spacial score (nSPS) is 9.75. The van der Waals surface area contributed by atoms with E-state index in [9.17, 15) is 9.18 Å². The molecule has 0 heterocycles. The van der Waals surface area contributed by atoms with Gasteiger partial charge in [0.25, 0.3) is 5.91 Å². The van der Waals surface area contributed by atoms with Gasteiger partial charge in [-0.15, -0.1) is 0 Å². The number of amides is 1. The molecule has 0 fully saturated rings. The highest BCUT2D eigenvalue weighted by Crippen LogP contribution is 2.24. The molecule has 1 N–H and O–H groups in total. The summed E-state index contributed by atoms with van der Waals surface area (Å²) in [6.07, 6.45) is 0. The van der Waals surface area contributed by atoms with Gasteiger partial charge in [0.1, 0.15) is 18.1 Å². The number of carbonyl (C=O) groups excluding carboxylic acids is 1. The Morgan fingerprint density at radius 1 is 0.857 bits per heavy atom. The van der Waals surface area contributed by atoms with Gasteiger partial charge in [-0.2, -0.15) is 0 Å². The van der Waals surface area contributed by atoms with Crippen molar-refractivity contribution in [2.75, 3.05) is 13.2 Å². The number of nitrogens with one attached hydrogen (secondary N) is 1. The van der Waals surface area contributed by atoms with Crippen LogP contribution in [0.5, 0.6) is 17.2 Å². The quantitative estimate of drug-likeness (QED) is 0.649. The fraction of sp³-hybridized carbons (Fsp3) is 0.0870.